The third kappa shape index (κ3) is 7.75. The molecule has 3 rings (SSSR count). The molecule has 0 saturated heterocycles. The molecule has 208 valence electrons. The molecule has 0 aliphatic carbocycles. The van der Waals surface area contributed by atoms with Crippen LogP contribution in [0.2, 0.25) is 10.0 Å². The average Bonchev–Trinajstić information content (AvgIpc) is 2.86. The van der Waals surface area contributed by atoms with Gasteiger partial charge in [0, 0.05) is 22.6 Å². The van der Waals surface area contributed by atoms with E-state index in [1.165, 1.54) is 17.0 Å². The zero-order chi connectivity index (χ0) is 28.9. The van der Waals surface area contributed by atoms with E-state index in [4.69, 9.17) is 23.2 Å². The second-order valence-corrected chi connectivity index (χ2v) is 12.5. The van der Waals surface area contributed by atoms with E-state index in [0.717, 1.165) is 15.4 Å². The number of benzene rings is 3. The zero-order valence-electron chi connectivity index (χ0n) is 22.6. The fourth-order valence-electron chi connectivity index (χ4n) is 4.02. The fraction of sp³-hybridized carbons (Fsp3) is 0.310. The van der Waals surface area contributed by atoms with Crippen molar-refractivity contribution in [1.82, 2.24) is 10.2 Å². The molecule has 0 saturated carbocycles. The molecule has 1 unspecified atom stereocenters. The highest BCUT2D eigenvalue weighted by Crippen LogP contribution is 2.29. The summed E-state index contributed by atoms with van der Waals surface area (Å²) in [5.41, 5.74) is 2.55. The van der Waals surface area contributed by atoms with Crippen LogP contribution >= 0.6 is 23.2 Å². The topological polar surface area (TPSA) is 86.8 Å². The summed E-state index contributed by atoms with van der Waals surface area (Å²) < 4.78 is 28.9. The molecule has 0 bridgehead atoms. The van der Waals surface area contributed by atoms with Gasteiger partial charge in [-0.3, -0.25) is 13.9 Å². The van der Waals surface area contributed by atoms with E-state index in [1.54, 1.807) is 68.4 Å². The number of nitrogens with one attached hydrogen (secondary N) is 1. The third-order valence-corrected chi connectivity index (χ3v) is 8.44. The number of hydrogen-bond acceptors (Lipinski definition) is 4. The van der Waals surface area contributed by atoms with Crippen LogP contribution in [0.1, 0.15) is 37.5 Å². The van der Waals surface area contributed by atoms with Crippen LogP contribution in [-0.4, -0.2) is 43.8 Å². The Morgan fingerprint density at radius 3 is 2.03 bits per heavy atom. The van der Waals surface area contributed by atoms with Gasteiger partial charge in [-0.05, 0) is 88.2 Å². The van der Waals surface area contributed by atoms with Crippen LogP contribution in [0.15, 0.2) is 71.6 Å². The lowest BCUT2D eigenvalue weighted by Crippen LogP contribution is -2.52. The van der Waals surface area contributed by atoms with Crippen molar-refractivity contribution in [1.29, 1.82) is 0 Å². The number of hydrogen-bond donors (Lipinski definition) is 1. The number of rotatable bonds is 10. The van der Waals surface area contributed by atoms with Crippen molar-refractivity contribution in [3.05, 3.63) is 93.5 Å². The molecule has 0 fully saturated rings. The Morgan fingerprint density at radius 2 is 1.46 bits per heavy atom. The minimum atomic E-state index is -4.15. The van der Waals surface area contributed by atoms with Gasteiger partial charge in [0.2, 0.25) is 11.8 Å². The van der Waals surface area contributed by atoms with E-state index >= 15 is 0 Å². The van der Waals surface area contributed by atoms with Crippen LogP contribution in [0.25, 0.3) is 0 Å². The molecule has 0 spiro atoms. The van der Waals surface area contributed by atoms with E-state index in [1.807, 2.05) is 20.8 Å². The van der Waals surface area contributed by atoms with Gasteiger partial charge in [-0.2, -0.15) is 0 Å². The van der Waals surface area contributed by atoms with Crippen LogP contribution in [0, 0.1) is 13.8 Å². The molecule has 39 heavy (non-hydrogen) atoms. The molecule has 0 heterocycles. The molecule has 10 heteroatoms. The Morgan fingerprint density at radius 1 is 0.872 bits per heavy atom. The Bertz CT molecular complexity index is 1430. The first kappa shape index (κ1) is 30.5. The smallest absolute Gasteiger partial charge is 0.264 e. The van der Waals surface area contributed by atoms with Gasteiger partial charge < -0.3 is 10.2 Å². The molecule has 0 aliphatic heterocycles. The Kier molecular flexibility index (Phi) is 10.0. The van der Waals surface area contributed by atoms with Crippen molar-refractivity contribution in [3.63, 3.8) is 0 Å². The first-order valence-corrected chi connectivity index (χ1v) is 14.7. The quantitative estimate of drug-likeness (QED) is 0.326. The monoisotopic (exact) mass is 589 g/mol. The minimum Gasteiger partial charge on any atom is -0.352 e. The maximum Gasteiger partial charge on any atom is 0.264 e. The summed E-state index contributed by atoms with van der Waals surface area (Å²) in [6.07, 6.45) is 0. The van der Waals surface area contributed by atoms with Gasteiger partial charge in [-0.25, -0.2) is 8.42 Å². The standard InChI is InChI=1S/C29H33Cl2N3O4S/c1-19(2)32-29(36)22(5)33(17-23-8-10-24(30)11-9-23)28(35)18-34(27-15-12-25(31)16-21(27)4)39(37,38)26-13-6-20(3)7-14-26/h6-16,19,22H,17-18H2,1-5H3,(H,32,36). The molecule has 2 amide bonds. The molecule has 1 atom stereocenters. The van der Waals surface area contributed by atoms with Gasteiger partial charge in [-0.1, -0.05) is 53.0 Å². The van der Waals surface area contributed by atoms with Gasteiger partial charge in [0.25, 0.3) is 10.0 Å². The Hall–Kier alpha value is -3.07. The van der Waals surface area contributed by atoms with Gasteiger partial charge in [0.15, 0.2) is 0 Å². The van der Waals surface area contributed by atoms with Crippen LogP contribution in [0.5, 0.6) is 0 Å². The highest BCUT2D eigenvalue weighted by molar-refractivity contribution is 7.92. The van der Waals surface area contributed by atoms with Gasteiger partial charge in [0.05, 0.1) is 10.6 Å². The molecule has 0 aliphatic rings. The Balaban J connectivity index is 2.06. The molecule has 7 nitrogen and oxygen atoms in total. The first-order valence-electron chi connectivity index (χ1n) is 12.5. The normalized spacial score (nSPS) is 12.2. The van der Waals surface area contributed by atoms with E-state index in [9.17, 15) is 18.0 Å². The highest BCUT2D eigenvalue weighted by atomic mass is 35.5. The maximum absolute atomic E-state index is 13.9. The zero-order valence-corrected chi connectivity index (χ0v) is 24.9. The highest BCUT2D eigenvalue weighted by Gasteiger charge is 2.33. The molecule has 3 aromatic rings. The first-order chi connectivity index (χ1) is 18.3. The summed E-state index contributed by atoms with van der Waals surface area (Å²) >= 11 is 12.2. The van der Waals surface area contributed by atoms with Crippen molar-refractivity contribution < 1.29 is 18.0 Å². The summed E-state index contributed by atoms with van der Waals surface area (Å²) in [6, 6.07) is 17.1. The number of halogens is 2. The summed E-state index contributed by atoms with van der Waals surface area (Å²) in [5, 5.41) is 3.81. The Labute approximate surface area is 240 Å². The average molecular weight is 591 g/mol. The number of sulfonamides is 1. The number of nitrogens with zero attached hydrogens (tertiary/aromatic N) is 2. The van der Waals surface area contributed by atoms with Crippen molar-refractivity contribution in [2.75, 3.05) is 10.8 Å². The van der Waals surface area contributed by atoms with Crippen LogP contribution in [0.4, 0.5) is 5.69 Å². The summed E-state index contributed by atoms with van der Waals surface area (Å²) in [6.45, 7) is 8.43. The van der Waals surface area contributed by atoms with Crippen molar-refractivity contribution in [2.24, 2.45) is 0 Å². The summed E-state index contributed by atoms with van der Waals surface area (Å²) in [7, 11) is -4.15. The fourth-order valence-corrected chi connectivity index (χ4v) is 5.86. The predicted molar refractivity (Wildman–Crippen MR) is 157 cm³/mol. The molecule has 0 radical (unpaired) electrons. The van der Waals surface area contributed by atoms with Crippen molar-refractivity contribution in [2.45, 2.75) is 58.1 Å². The molecule has 1 N–H and O–H groups in total. The van der Waals surface area contributed by atoms with Gasteiger partial charge >= 0.3 is 0 Å². The summed E-state index contributed by atoms with van der Waals surface area (Å²) in [4.78, 5) is 28.3. The maximum atomic E-state index is 13.9. The van der Waals surface area contributed by atoms with Crippen molar-refractivity contribution >= 4 is 50.7 Å². The predicted octanol–water partition coefficient (Wildman–Crippen LogP) is 5.75. The lowest BCUT2D eigenvalue weighted by atomic mass is 10.1. The molecular formula is C29H33Cl2N3O4S. The van der Waals surface area contributed by atoms with Crippen LogP contribution in [-0.2, 0) is 26.2 Å². The van der Waals surface area contributed by atoms with Crippen molar-refractivity contribution in [3.8, 4) is 0 Å². The van der Waals surface area contributed by atoms with Gasteiger partial charge in [-0.15, -0.1) is 0 Å². The minimum absolute atomic E-state index is 0.0464. The van der Waals surface area contributed by atoms with Crippen LogP contribution < -0.4 is 9.62 Å². The number of amides is 2. The van der Waals surface area contributed by atoms with E-state index < -0.39 is 28.5 Å². The lowest BCUT2D eigenvalue weighted by Gasteiger charge is -2.32. The number of carbonyl (C=O) groups is 2. The third-order valence-electron chi connectivity index (χ3n) is 6.18. The van der Waals surface area contributed by atoms with E-state index in [0.29, 0.717) is 21.3 Å². The van der Waals surface area contributed by atoms with E-state index in [2.05, 4.69) is 5.32 Å². The number of anilines is 1. The second-order valence-electron chi connectivity index (χ2n) is 9.74. The molecular weight excluding hydrogens is 557 g/mol. The summed E-state index contributed by atoms with van der Waals surface area (Å²) in [5.74, 6) is -0.885. The SMILES string of the molecule is Cc1ccc(S(=O)(=O)N(CC(=O)N(Cc2ccc(Cl)cc2)C(C)C(=O)NC(C)C)c2ccc(Cl)cc2C)cc1. The number of aryl methyl sites for hydroxylation is 2. The molecule has 3 aromatic carbocycles. The number of carbonyl (C=O) groups excluding carboxylic acids is 2. The van der Waals surface area contributed by atoms with Crippen LogP contribution in [0.3, 0.4) is 0 Å². The van der Waals surface area contributed by atoms with E-state index in [-0.39, 0.29) is 23.4 Å². The van der Waals surface area contributed by atoms with Gasteiger partial charge in [0.1, 0.15) is 12.6 Å². The second kappa shape index (κ2) is 12.9. The lowest BCUT2D eigenvalue weighted by molar-refractivity contribution is -0.139. The largest absolute Gasteiger partial charge is 0.352 e. The molecule has 0 aromatic heterocycles.